The minimum Gasteiger partial charge on any atom is -0.481 e. The summed E-state index contributed by atoms with van der Waals surface area (Å²) in [5.74, 6) is 2.66. The average Bonchev–Trinajstić information content (AvgIpc) is 3.09. The Labute approximate surface area is 220 Å². The van der Waals surface area contributed by atoms with E-state index in [0.29, 0.717) is 10.8 Å². The highest BCUT2D eigenvalue weighted by atomic mass is 16.5. The molecule has 4 rings (SSSR count). The number of aliphatic carboxylic acids is 1. The summed E-state index contributed by atoms with van der Waals surface area (Å²) < 4.78 is 5.71. The standard InChI is InChI=1S/C32H52O4/c1-21(2)8-7-9-22(3)31(5)18-16-27-25-11-10-23-20-24(36-29(35)13-12-28(33)34)14-17-30(23,4)26(25)15-19-32(27,31)6/h10,21-22,24-27H,7-9,11-20H2,1-6H3,(H,33,34)/t22-,24?,25?,26?,27?,30?,31?,32?/m1/s1. The maximum atomic E-state index is 12.2. The zero-order valence-electron chi connectivity index (χ0n) is 23.9. The molecule has 3 saturated carbocycles. The number of carboxylic acids is 1. The second-order valence-corrected chi connectivity index (χ2v) is 14.1. The minimum atomic E-state index is -0.943. The lowest BCUT2D eigenvalue weighted by Crippen LogP contribution is -2.53. The third-order valence-electron chi connectivity index (χ3n) is 12.1. The van der Waals surface area contributed by atoms with Gasteiger partial charge in [0.2, 0.25) is 0 Å². The molecule has 0 aromatic carbocycles. The predicted octanol–water partition coefficient (Wildman–Crippen LogP) is 8.19. The SMILES string of the molecule is CC(C)CCC[C@@H](C)C1(C)CCC2C3CC=C4CC(OC(=O)CCC(=O)O)CCC4(C)C3CCC21C. The van der Waals surface area contributed by atoms with Crippen LogP contribution in [0.3, 0.4) is 0 Å². The molecule has 204 valence electrons. The van der Waals surface area contributed by atoms with Crippen LogP contribution in [0.1, 0.15) is 125 Å². The van der Waals surface area contributed by atoms with Crippen LogP contribution in [0.15, 0.2) is 11.6 Å². The van der Waals surface area contributed by atoms with Crippen molar-refractivity contribution in [3.05, 3.63) is 11.6 Å². The Kier molecular flexibility index (Phi) is 8.04. The quantitative estimate of drug-likeness (QED) is 0.256. The number of hydrogen-bond acceptors (Lipinski definition) is 3. The van der Waals surface area contributed by atoms with Gasteiger partial charge in [-0.25, -0.2) is 0 Å². The average molecular weight is 501 g/mol. The van der Waals surface area contributed by atoms with Crippen molar-refractivity contribution < 1.29 is 19.4 Å². The fraction of sp³-hybridized carbons (Fsp3) is 0.875. The summed E-state index contributed by atoms with van der Waals surface area (Å²) in [6, 6.07) is 0. The number of rotatable bonds is 9. The molecule has 0 amide bonds. The van der Waals surface area contributed by atoms with Gasteiger partial charge in [0, 0.05) is 6.42 Å². The van der Waals surface area contributed by atoms with Gasteiger partial charge >= 0.3 is 11.9 Å². The Morgan fingerprint density at radius 2 is 1.72 bits per heavy atom. The summed E-state index contributed by atoms with van der Waals surface area (Å²) in [6.45, 7) is 15.1. The summed E-state index contributed by atoms with van der Waals surface area (Å²) in [6.07, 6.45) is 15.9. The summed E-state index contributed by atoms with van der Waals surface area (Å²) in [7, 11) is 0. The van der Waals surface area contributed by atoms with Crippen LogP contribution in [0.5, 0.6) is 0 Å². The van der Waals surface area contributed by atoms with E-state index in [-0.39, 0.29) is 30.3 Å². The van der Waals surface area contributed by atoms with E-state index in [0.717, 1.165) is 48.9 Å². The fourth-order valence-corrected chi connectivity index (χ4v) is 9.44. The molecular weight excluding hydrogens is 448 g/mol. The normalized spacial score (nSPS) is 40.6. The van der Waals surface area contributed by atoms with Crippen molar-refractivity contribution in [2.24, 2.45) is 45.8 Å². The molecule has 0 aliphatic heterocycles. The number of hydrogen-bond donors (Lipinski definition) is 1. The molecule has 0 heterocycles. The number of carboxylic acid groups (broad SMARTS) is 1. The second kappa shape index (κ2) is 10.4. The number of carbonyl (C=O) groups excluding carboxylic acids is 1. The number of esters is 1. The molecule has 4 nitrogen and oxygen atoms in total. The molecular formula is C32H52O4. The van der Waals surface area contributed by atoms with Crippen molar-refractivity contribution in [1.29, 1.82) is 0 Å². The summed E-state index contributed by atoms with van der Waals surface area (Å²) in [4.78, 5) is 22.9. The number of carbonyl (C=O) groups is 2. The Balaban J connectivity index is 1.44. The van der Waals surface area contributed by atoms with Gasteiger partial charge in [0.15, 0.2) is 0 Å². The van der Waals surface area contributed by atoms with Crippen molar-refractivity contribution in [2.45, 2.75) is 131 Å². The monoisotopic (exact) mass is 500 g/mol. The summed E-state index contributed by atoms with van der Waals surface area (Å²) in [5, 5.41) is 8.85. The van der Waals surface area contributed by atoms with Gasteiger partial charge in [-0.3, -0.25) is 9.59 Å². The zero-order valence-corrected chi connectivity index (χ0v) is 23.9. The van der Waals surface area contributed by atoms with Crippen LogP contribution in [0.25, 0.3) is 0 Å². The molecule has 0 saturated heterocycles. The third-order valence-corrected chi connectivity index (χ3v) is 12.1. The number of ether oxygens (including phenoxy) is 1. The summed E-state index contributed by atoms with van der Waals surface area (Å²) in [5.41, 5.74) is 2.64. The van der Waals surface area contributed by atoms with E-state index in [1.165, 1.54) is 56.9 Å². The highest BCUT2D eigenvalue weighted by Crippen LogP contribution is 2.71. The van der Waals surface area contributed by atoms with Crippen molar-refractivity contribution in [3.63, 3.8) is 0 Å². The number of allylic oxidation sites excluding steroid dienone is 1. The Morgan fingerprint density at radius 3 is 2.42 bits per heavy atom. The second-order valence-electron chi connectivity index (χ2n) is 14.1. The van der Waals surface area contributed by atoms with E-state index < -0.39 is 5.97 Å². The molecule has 3 fully saturated rings. The minimum absolute atomic E-state index is 0.0260. The van der Waals surface area contributed by atoms with Crippen LogP contribution in [-0.2, 0) is 14.3 Å². The maximum Gasteiger partial charge on any atom is 0.306 e. The van der Waals surface area contributed by atoms with Gasteiger partial charge in [-0.1, -0.05) is 72.5 Å². The lowest BCUT2D eigenvalue weighted by molar-refractivity contribution is -0.154. The van der Waals surface area contributed by atoms with E-state index in [2.05, 4.69) is 47.6 Å². The molecule has 36 heavy (non-hydrogen) atoms. The van der Waals surface area contributed by atoms with Crippen LogP contribution in [0, 0.1) is 45.8 Å². The molecule has 0 radical (unpaired) electrons. The van der Waals surface area contributed by atoms with E-state index in [9.17, 15) is 9.59 Å². The van der Waals surface area contributed by atoms with Crippen LogP contribution in [0.2, 0.25) is 0 Å². The van der Waals surface area contributed by atoms with Gasteiger partial charge in [0.25, 0.3) is 0 Å². The molecule has 0 aromatic heterocycles. The first-order valence-electron chi connectivity index (χ1n) is 15.0. The molecule has 0 spiro atoms. The van der Waals surface area contributed by atoms with E-state index in [1.54, 1.807) is 0 Å². The van der Waals surface area contributed by atoms with Crippen molar-refractivity contribution in [3.8, 4) is 0 Å². The number of fused-ring (bicyclic) bond motifs is 5. The molecule has 1 N–H and O–H groups in total. The van der Waals surface area contributed by atoms with Gasteiger partial charge in [-0.05, 0) is 90.8 Å². The largest absolute Gasteiger partial charge is 0.481 e. The van der Waals surface area contributed by atoms with E-state index >= 15 is 0 Å². The third kappa shape index (κ3) is 4.92. The van der Waals surface area contributed by atoms with Gasteiger partial charge < -0.3 is 9.84 Å². The Morgan fingerprint density at radius 1 is 1.00 bits per heavy atom. The molecule has 4 aliphatic rings. The molecule has 0 aromatic rings. The van der Waals surface area contributed by atoms with Gasteiger partial charge in [0.05, 0.1) is 12.8 Å². The van der Waals surface area contributed by atoms with Crippen molar-refractivity contribution >= 4 is 11.9 Å². The van der Waals surface area contributed by atoms with E-state index in [1.807, 2.05) is 0 Å². The Hall–Kier alpha value is -1.32. The zero-order chi connectivity index (χ0) is 26.3. The Bertz CT molecular complexity index is 860. The van der Waals surface area contributed by atoms with Crippen LogP contribution >= 0.6 is 0 Å². The highest BCUT2D eigenvalue weighted by molar-refractivity contribution is 5.76. The topological polar surface area (TPSA) is 63.6 Å². The van der Waals surface area contributed by atoms with Crippen molar-refractivity contribution in [2.75, 3.05) is 0 Å². The van der Waals surface area contributed by atoms with Crippen molar-refractivity contribution in [1.82, 2.24) is 0 Å². The maximum absolute atomic E-state index is 12.2. The van der Waals surface area contributed by atoms with Crippen LogP contribution < -0.4 is 0 Å². The molecule has 7 unspecified atom stereocenters. The summed E-state index contributed by atoms with van der Waals surface area (Å²) >= 11 is 0. The first-order valence-corrected chi connectivity index (χ1v) is 15.0. The predicted molar refractivity (Wildman–Crippen MR) is 144 cm³/mol. The molecule has 0 bridgehead atoms. The first kappa shape index (κ1) is 27.7. The van der Waals surface area contributed by atoms with E-state index in [4.69, 9.17) is 9.84 Å². The lowest BCUT2D eigenvalue weighted by atomic mass is 9.44. The van der Waals surface area contributed by atoms with Gasteiger partial charge in [0.1, 0.15) is 6.10 Å². The fourth-order valence-electron chi connectivity index (χ4n) is 9.44. The van der Waals surface area contributed by atoms with Gasteiger partial charge in [-0.15, -0.1) is 0 Å². The lowest BCUT2D eigenvalue weighted by Gasteiger charge is -2.60. The smallest absolute Gasteiger partial charge is 0.306 e. The van der Waals surface area contributed by atoms with Gasteiger partial charge in [-0.2, -0.15) is 0 Å². The van der Waals surface area contributed by atoms with Crippen LogP contribution in [0.4, 0.5) is 0 Å². The molecule has 4 heteroatoms. The molecule has 8 atom stereocenters. The molecule has 4 aliphatic carbocycles. The first-order chi connectivity index (χ1) is 16.9. The van der Waals surface area contributed by atoms with Crippen LogP contribution in [-0.4, -0.2) is 23.1 Å². The highest BCUT2D eigenvalue weighted by Gasteiger charge is 2.63.